The van der Waals surface area contributed by atoms with Gasteiger partial charge in [-0.2, -0.15) is 0 Å². The lowest BCUT2D eigenvalue weighted by molar-refractivity contribution is 0.480. The van der Waals surface area contributed by atoms with E-state index in [-0.39, 0.29) is 0 Å². The van der Waals surface area contributed by atoms with Gasteiger partial charge < -0.3 is 10.1 Å². The maximum absolute atomic E-state index is 9.46. The van der Waals surface area contributed by atoms with Crippen LogP contribution in [0.5, 0.6) is 5.75 Å². The summed E-state index contributed by atoms with van der Waals surface area (Å²) < 4.78 is 1.000. The second kappa shape index (κ2) is 2.52. The third-order valence-corrected chi connectivity index (χ3v) is 2.54. The molecule has 0 aliphatic heterocycles. The van der Waals surface area contributed by atoms with E-state index in [1.54, 1.807) is 6.07 Å². The van der Waals surface area contributed by atoms with Crippen molar-refractivity contribution in [2.45, 2.75) is 6.92 Å². The van der Waals surface area contributed by atoms with Gasteiger partial charge in [-0.15, -0.1) is 0 Å². The van der Waals surface area contributed by atoms with Crippen LogP contribution in [0.4, 0.5) is 0 Å². The number of nitrogens with one attached hydrogen (secondary N) is 1. The van der Waals surface area contributed by atoms with Crippen LogP contribution in [0.2, 0.25) is 0 Å². The van der Waals surface area contributed by atoms with Crippen LogP contribution in [0.15, 0.2) is 22.7 Å². The predicted molar refractivity (Wildman–Crippen MR) is 52.4 cm³/mol. The second-order valence-electron chi connectivity index (χ2n) is 2.81. The summed E-state index contributed by atoms with van der Waals surface area (Å²) >= 11 is 3.41. The first-order chi connectivity index (χ1) is 5.68. The summed E-state index contributed by atoms with van der Waals surface area (Å²) in [6.07, 6.45) is 0. The molecule has 0 spiro atoms. The molecule has 3 heteroatoms. The molecule has 0 aliphatic rings. The molecule has 0 bridgehead atoms. The Hall–Kier alpha value is -0.960. The Morgan fingerprint density at radius 1 is 1.42 bits per heavy atom. The van der Waals surface area contributed by atoms with E-state index < -0.39 is 0 Å². The number of aromatic hydroxyl groups is 1. The molecule has 62 valence electrons. The summed E-state index contributed by atoms with van der Waals surface area (Å²) in [6, 6.07) is 5.51. The van der Waals surface area contributed by atoms with Crippen molar-refractivity contribution in [1.29, 1.82) is 0 Å². The van der Waals surface area contributed by atoms with Gasteiger partial charge in [0.25, 0.3) is 0 Å². The summed E-state index contributed by atoms with van der Waals surface area (Å²) in [6.45, 7) is 1.96. The maximum atomic E-state index is 9.46. The summed E-state index contributed by atoms with van der Waals surface area (Å²) in [7, 11) is 0. The van der Waals surface area contributed by atoms with Gasteiger partial charge in [0.1, 0.15) is 5.75 Å². The number of rotatable bonds is 0. The second-order valence-corrected chi connectivity index (χ2v) is 3.66. The van der Waals surface area contributed by atoms with Crippen LogP contribution in [-0.4, -0.2) is 10.1 Å². The molecule has 1 aromatic carbocycles. The van der Waals surface area contributed by atoms with E-state index in [2.05, 4.69) is 20.9 Å². The topological polar surface area (TPSA) is 36.0 Å². The molecule has 2 aromatic rings. The quantitative estimate of drug-likeness (QED) is 0.711. The highest BCUT2D eigenvalue weighted by molar-refractivity contribution is 9.10. The van der Waals surface area contributed by atoms with Crippen molar-refractivity contribution in [2.24, 2.45) is 0 Å². The Kier molecular flexibility index (Phi) is 1.61. The lowest BCUT2D eigenvalue weighted by Crippen LogP contribution is -1.71. The SMILES string of the molecule is Cc1cc2c(Br)ccc(O)c2[nH]1. The van der Waals surface area contributed by atoms with E-state index in [0.29, 0.717) is 5.75 Å². The fourth-order valence-electron chi connectivity index (χ4n) is 1.30. The average Bonchev–Trinajstić information content (AvgIpc) is 2.41. The molecular formula is C9H8BrNO. The number of benzene rings is 1. The fraction of sp³-hybridized carbons (Fsp3) is 0.111. The first kappa shape index (κ1) is 7.68. The predicted octanol–water partition coefficient (Wildman–Crippen LogP) is 2.94. The van der Waals surface area contributed by atoms with Crippen molar-refractivity contribution in [2.75, 3.05) is 0 Å². The van der Waals surface area contributed by atoms with Gasteiger partial charge in [0.05, 0.1) is 5.52 Å². The Morgan fingerprint density at radius 2 is 2.17 bits per heavy atom. The molecule has 0 amide bonds. The van der Waals surface area contributed by atoms with Crippen LogP contribution >= 0.6 is 15.9 Å². The Labute approximate surface area is 78.3 Å². The molecule has 1 aromatic heterocycles. The molecule has 0 saturated carbocycles. The number of fused-ring (bicyclic) bond motifs is 1. The van der Waals surface area contributed by atoms with E-state index in [4.69, 9.17) is 0 Å². The Bertz CT molecular complexity index is 394. The van der Waals surface area contributed by atoms with Crippen LogP contribution in [0.3, 0.4) is 0 Å². The number of phenols is 1. The number of H-pyrrole nitrogens is 1. The molecule has 2 nitrogen and oxygen atoms in total. The summed E-state index contributed by atoms with van der Waals surface area (Å²) in [4.78, 5) is 3.09. The highest BCUT2D eigenvalue weighted by Gasteiger charge is 2.05. The Balaban J connectivity index is 2.93. The van der Waals surface area contributed by atoms with E-state index in [1.165, 1.54) is 0 Å². The van der Waals surface area contributed by atoms with Gasteiger partial charge in [-0.05, 0) is 25.1 Å². The van der Waals surface area contributed by atoms with Crippen molar-refractivity contribution in [3.05, 3.63) is 28.4 Å². The molecule has 2 rings (SSSR count). The van der Waals surface area contributed by atoms with Gasteiger partial charge in [-0.3, -0.25) is 0 Å². The number of hydrogen-bond donors (Lipinski definition) is 2. The number of aromatic amines is 1. The van der Waals surface area contributed by atoms with Crippen LogP contribution < -0.4 is 0 Å². The number of halogens is 1. The van der Waals surface area contributed by atoms with Gasteiger partial charge >= 0.3 is 0 Å². The van der Waals surface area contributed by atoms with E-state index >= 15 is 0 Å². The molecule has 1 heterocycles. The van der Waals surface area contributed by atoms with E-state index in [9.17, 15) is 5.11 Å². The average molecular weight is 226 g/mol. The van der Waals surface area contributed by atoms with Gasteiger partial charge in [0.15, 0.2) is 0 Å². The number of aromatic nitrogens is 1. The van der Waals surface area contributed by atoms with E-state index in [1.807, 2.05) is 19.1 Å². The summed E-state index contributed by atoms with van der Waals surface area (Å²) in [5.74, 6) is 0.293. The molecule has 12 heavy (non-hydrogen) atoms. The first-order valence-electron chi connectivity index (χ1n) is 3.65. The van der Waals surface area contributed by atoms with Crippen LogP contribution in [-0.2, 0) is 0 Å². The fourth-order valence-corrected chi connectivity index (χ4v) is 1.75. The van der Waals surface area contributed by atoms with Crippen LogP contribution in [0.1, 0.15) is 5.69 Å². The minimum atomic E-state index is 0.293. The minimum absolute atomic E-state index is 0.293. The summed E-state index contributed by atoms with van der Waals surface area (Å²) in [5, 5.41) is 10.5. The maximum Gasteiger partial charge on any atom is 0.139 e. The normalized spacial score (nSPS) is 10.8. The first-order valence-corrected chi connectivity index (χ1v) is 4.44. The lowest BCUT2D eigenvalue weighted by Gasteiger charge is -1.95. The van der Waals surface area contributed by atoms with Gasteiger partial charge in [0, 0.05) is 15.6 Å². The van der Waals surface area contributed by atoms with Crippen LogP contribution in [0, 0.1) is 6.92 Å². The zero-order valence-electron chi connectivity index (χ0n) is 6.56. The molecular weight excluding hydrogens is 218 g/mol. The highest BCUT2D eigenvalue weighted by atomic mass is 79.9. The van der Waals surface area contributed by atoms with Crippen molar-refractivity contribution in [3.8, 4) is 5.75 Å². The third-order valence-electron chi connectivity index (χ3n) is 1.85. The van der Waals surface area contributed by atoms with Crippen LogP contribution in [0.25, 0.3) is 10.9 Å². The molecule has 0 saturated heterocycles. The highest BCUT2D eigenvalue weighted by Crippen LogP contribution is 2.30. The van der Waals surface area contributed by atoms with Gasteiger partial charge in [-0.25, -0.2) is 0 Å². The van der Waals surface area contributed by atoms with Crippen molar-refractivity contribution < 1.29 is 5.11 Å². The van der Waals surface area contributed by atoms with Crippen molar-refractivity contribution >= 4 is 26.8 Å². The van der Waals surface area contributed by atoms with E-state index in [0.717, 1.165) is 21.1 Å². The standard InChI is InChI=1S/C9H8BrNO/c1-5-4-6-7(10)2-3-8(12)9(6)11-5/h2-4,11-12H,1H3. The van der Waals surface area contributed by atoms with Gasteiger partial charge in [-0.1, -0.05) is 15.9 Å². The lowest BCUT2D eigenvalue weighted by atomic mass is 10.2. The Morgan fingerprint density at radius 3 is 2.83 bits per heavy atom. The van der Waals surface area contributed by atoms with Crippen molar-refractivity contribution in [1.82, 2.24) is 4.98 Å². The molecule has 0 radical (unpaired) electrons. The molecule has 0 atom stereocenters. The van der Waals surface area contributed by atoms with Crippen molar-refractivity contribution in [3.63, 3.8) is 0 Å². The third kappa shape index (κ3) is 1.01. The largest absolute Gasteiger partial charge is 0.506 e. The zero-order valence-corrected chi connectivity index (χ0v) is 8.14. The zero-order chi connectivity index (χ0) is 8.72. The minimum Gasteiger partial charge on any atom is -0.506 e. The smallest absolute Gasteiger partial charge is 0.139 e. The number of phenolic OH excluding ortho intramolecular Hbond substituents is 1. The molecule has 2 N–H and O–H groups in total. The molecule has 0 aliphatic carbocycles. The number of hydrogen-bond acceptors (Lipinski definition) is 1. The number of aryl methyl sites for hydroxylation is 1. The molecule has 0 fully saturated rings. The molecule has 0 unspecified atom stereocenters. The monoisotopic (exact) mass is 225 g/mol. The van der Waals surface area contributed by atoms with Gasteiger partial charge in [0.2, 0.25) is 0 Å². The summed E-state index contributed by atoms with van der Waals surface area (Å²) in [5.41, 5.74) is 1.84.